The van der Waals surface area contributed by atoms with E-state index in [9.17, 15) is 9.59 Å². The van der Waals surface area contributed by atoms with Gasteiger partial charge in [0.25, 0.3) is 0 Å². The Kier molecular flexibility index (Phi) is 6.16. The van der Waals surface area contributed by atoms with Crippen molar-refractivity contribution >= 4 is 11.8 Å². The van der Waals surface area contributed by atoms with E-state index in [4.69, 9.17) is 9.47 Å². The highest BCUT2D eigenvalue weighted by molar-refractivity contribution is 5.88. The fourth-order valence-corrected chi connectivity index (χ4v) is 4.26. The van der Waals surface area contributed by atoms with Gasteiger partial charge in [-0.2, -0.15) is 0 Å². The molecule has 4 rings (SSSR count). The Morgan fingerprint density at radius 3 is 2.52 bits per heavy atom. The second kappa shape index (κ2) is 9.00. The maximum Gasteiger partial charge on any atom is 0.245 e. The van der Waals surface area contributed by atoms with Crippen molar-refractivity contribution in [3.8, 4) is 11.5 Å². The number of nitrogens with zero attached hydrogens (tertiary/aromatic N) is 2. The minimum atomic E-state index is -0.483. The van der Waals surface area contributed by atoms with Gasteiger partial charge in [-0.3, -0.25) is 9.59 Å². The first-order valence-electron chi connectivity index (χ1n) is 10.9. The van der Waals surface area contributed by atoms with E-state index in [-0.39, 0.29) is 17.7 Å². The maximum atomic E-state index is 13.5. The van der Waals surface area contributed by atoms with E-state index in [1.54, 1.807) is 16.8 Å². The number of benzene rings is 2. The van der Waals surface area contributed by atoms with Gasteiger partial charge >= 0.3 is 0 Å². The third-order valence-electron chi connectivity index (χ3n) is 5.84. The second-order valence-electron chi connectivity index (χ2n) is 8.78. The summed E-state index contributed by atoms with van der Waals surface area (Å²) >= 11 is 0. The van der Waals surface area contributed by atoms with E-state index in [1.165, 1.54) is 0 Å². The van der Waals surface area contributed by atoms with Crippen LogP contribution in [0.2, 0.25) is 0 Å². The van der Waals surface area contributed by atoms with Gasteiger partial charge < -0.3 is 19.3 Å². The summed E-state index contributed by atoms with van der Waals surface area (Å²) in [5.41, 5.74) is 3.23. The first kappa shape index (κ1) is 21.2. The van der Waals surface area contributed by atoms with E-state index in [2.05, 4.69) is 6.07 Å². The Morgan fingerprint density at radius 1 is 1.06 bits per heavy atom. The quantitative estimate of drug-likeness (QED) is 0.741. The predicted molar refractivity (Wildman–Crippen MR) is 118 cm³/mol. The van der Waals surface area contributed by atoms with Crippen LogP contribution in [0.3, 0.4) is 0 Å². The summed E-state index contributed by atoms with van der Waals surface area (Å²) in [6.45, 7) is 6.06. The molecule has 6 nitrogen and oxygen atoms in total. The molecule has 0 aliphatic carbocycles. The molecule has 1 unspecified atom stereocenters. The molecular formula is C25H30N2O4. The molecule has 2 aliphatic rings. The lowest BCUT2D eigenvalue weighted by Crippen LogP contribution is -2.52. The molecule has 0 saturated heterocycles. The number of hydrogen-bond donors (Lipinski definition) is 0. The van der Waals surface area contributed by atoms with Crippen LogP contribution >= 0.6 is 0 Å². The molecule has 0 radical (unpaired) electrons. The molecule has 2 amide bonds. The van der Waals surface area contributed by atoms with Gasteiger partial charge in [0, 0.05) is 33.0 Å². The standard InChI is InChI=1S/C25H30N2O4/c1-17(2)12-24(28)27-16-20-7-5-4-6-19(20)14-21(27)25(29)26(3)15-18-8-9-22-23(13-18)31-11-10-30-22/h4-9,13,17,21H,10-12,14-16H2,1-3H3. The Bertz CT molecular complexity index is 972. The summed E-state index contributed by atoms with van der Waals surface area (Å²) in [6.07, 6.45) is 0.988. The molecule has 1 atom stereocenters. The summed E-state index contributed by atoms with van der Waals surface area (Å²) in [7, 11) is 1.80. The smallest absolute Gasteiger partial charge is 0.245 e. The number of likely N-dealkylation sites (N-methyl/N-ethyl adjacent to an activating group) is 1. The van der Waals surface area contributed by atoms with Crippen LogP contribution < -0.4 is 9.47 Å². The van der Waals surface area contributed by atoms with Gasteiger partial charge in [-0.05, 0) is 34.7 Å². The summed E-state index contributed by atoms with van der Waals surface area (Å²) in [5, 5.41) is 0. The van der Waals surface area contributed by atoms with E-state index < -0.39 is 6.04 Å². The fraction of sp³-hybridized carbons (Fsp3) is 0.440. The number of rotatable bonds is 5. The third-order valence-corrected chi connectivity index (χ3v) is 5.84. The van der Waals surface area contributed by atoms with Crippen LogP contribution in [0.25, 0.3) is 0 Å². The molecular weight excluding hydrogens is 392 g/mol. The number of hydrogen-bond acceptors (Lipinski definition) is 4. The third kappa shape index (κ3) is 4.68. The maximum absolute atomic E-state index is 13.5. The van der Waals surface area contributed by atoms with Gasteiger partial charge in [0.2, 0.25) is 11.8 Å². The van der Waals surface area contributed by atoms with E-state index in [0.717, 1.165) is 22.4 Å². The zero-order valence-electron chi connectivity index (χ0n) is 18.5. The number of carbonyl (C=O) groups excluding carboxylic acids is 2. The van der Waals surface area contributed by atoms with Crippen LogP contribution in [-0.2, 0) is 29.1 Å². The van der Waals surface area contributed by atoms with Gasteiger partial charge in [0.1, 0.15) is 19.3 Å². The average molecular weight is 423 g/mol. The number of amides is 2. The van der Waals surface area contributed by atoms with Crippen molar-refractivity contribution in [2.75, 3.05) is 20.3 Å². The summed E-state index contributed by atoms with van der Waals surface area (Å²) in [4.78, 5) is 30.0. The highest BCUT2D eigenvalue weighted by Gasteiger charge is 2.36. The summed E-state index contributed by atoms with van der Waals surface area (Å²) in [6, 6.07) is 13.4. The second-order valence-corrected chi connectivity index (χ2v) is 8.78. The molecule has 0 spiro atoms. The first-order chi connectivity index (χ1) is 14.9. The van der Waals surface area contributed by atoms with Gasteiger partial charge in [-0.1, -0.05) is 44.2 Å². The van der Waals surface area contributed by atoms with Crippen molar-refractivity contribution in [1.82, 2.24) is 9.80 Å². The normalized spacial score (nSPS) is 17.3. The number of carbonyl (C=O) groups is 2. The Morgan fingerprint density at radius 2 is 1.77 bits per heavy atom. The van der Waals surface area contributed by atoms with Gasteiger partial charge in [-0.25, -0.2) is 0 Å². The lowest BCUT2D eigenvalue weighted by molar-refractivity contribution is -0.147. The summed E-state index contributed by atoms with van der Waals surface area (Å²) < 4.78 is 11.2. The van der Waals surface area contributed by atoms with E-state index >= 15 is 0 Å². The molecule has 0 fully saturated rings. The number of fused-ring (bicyclic) bond motifs is 2. The molecule has 0 saturated carbocycles. The topological polar surface area (TPSA) is 59.1 Å². The monoisotopic (exact) mass is 422 g/mol. The Balaban J connectivity index is 1.53. The minimum Gasteiger partial charge on any atom is -0.486 e. The van der Waals surface area contributed by atoms with Crippen molar-refractivity contribution in [2.45, 2.75) is 45.8 Å². The van der Waals surface area contributed by atoms with Crippen molar-refractivity contribution in [3.63, 3.8) is 0 Å². The molecule has 31 heavy (non-hydrogen) atoms. The highest BCUT2D eigenvalue weighted by atomic mass is 16.6. The minimum absolute atomic E-state index is 0.0376. The van der Waals surface area contributed by atoms with Crippen molar-refractivity contribution in [2.24, 2.45) is 5.92 Å². The summed E-state index contributed by atoms with van der Waals surface area (Å²) in [5.74, 6) is 1.69. The highest BCUT2D eigenvalue weighted by Crippen LogP contribution is 2.31. The molecule has 164 valence electrons. The molecule has 2 aromatic rings. The molecule has 0 aromatic heterocycles. The van der Waals surface area contributed by atoms with Crippen LogP contribution in [0.5, 0.6) is 11.5 Å². The Hall–Kier alpha value is -3.02. The molecule has 2 aliphatic heterocycles. The molecule has 6 heteroatoms. The van der Waals surface area contributed by atoms with Crippen LogP contribution in [0, 0.1) is 5.92 Å². The molecule has 2 heterocycles. The van der Waals surface area contributed by atoms with E-state index in [0.29, 0.717) is 44.9 Å². The van der Waals surface area contributed by atoms with Crippen molar-refractivity contribution in [3.05, 3.63) is 59.2 Å². The molecule has 0 N–H and O–H groups in total. The zero-order chi connectivity index (χ0) is 22.0. The average Bonchev–Trinajstić information content (AvgIpc) is 2.77. The fourth-order valence-electron chi connectivity index (χ4n) is 4.26. The van der Waals surface area contributed by atoms with Crippen molar-refractivity contribution < 1.29 is 19.1 Å². The van der Waals surface area contributed by atoms with Crippen LogP contribution in [-0.4, -0.2) is 47.9 Å². The first-order valence-corrected chi connectivity index (χ1v) is 10.9. The predicted octanol–water partition coefficient (Wildman–Crippen LogP) is 3.42. The largest absolute Gasteiger partial charge is 0.486 e. The number of ether oxygens (including phenoxy) is 2. The Labute approximate surface area is 183 Å². The van der Waals surface area contributed by atoms with Crippen LogP contribution in [0.4, 0.5) is 0 Å². The zero-order valence-corrected chi connectivity index (χ0v) is 18.5. The lowest BCUT2D eigenvalue weighted by Gasteiger charge is -2.38. The molecule has 0 bridgehead atoms. The lowest BCUT2D eigenvalue weighted by atomic mass is 9.92. The SMILES string of the molecule is CC(C)CC(=O)N1Cc2ccccc2CC1C(=O)N(C)Cc1ccc2c(c1)OCCO2. The van der Waals surface area contributed by atoms with Gasteiger partial charge in [0.15, 0.2) is 11.5 Å². The van der Waals surface area contributed by atoms with Gasteiger partial charge in [-0.15, -0.1) is 0 Å². The van der Waals surface area contributed by atoms with Crippen molar-refractivity contribution in [1.29, 1.82) is 0 Å². The van der Waals surface area contributed by atoms with Crippen LogP contribution in [0.15, 0.2) is 42.5 Å². The molecule has 2 aromatic carbocycles. The van der Waals surface area contributed by atoms with Gasteiger partial charge in [0.05, 0.1) is 0 Å². The van der Waals surface area contributed by atoms with Crippen LogP contribution in [0.1, 0.15) is 37.0 Å². The van der Waals surface area contributed by atoms with E-state index in [1.807, 2.05) is 50.2 Å².